The zero-order valence-corrected chi connectivity index (χ0v) is 12.1. The molecule has 0 aromatic heterocycles. The van der Waals surface area contributed by atoms with Gasteiger partial charge in [-0.1, -0.05) is 41.1 Å². The zero-order chi connectivity index (χ0) is 16.1. The van der Waals surface area contributed by atoms with Gasteiger partial charge in [-0.2, -0.15) is 0 Å². The van der Waals surface area contributed by atoms with Crippen LogP contribution in [0.25, 0.3) is 0 Å². The maximum absolute atomic E-state index is 11.9. The van der Waals surface area contributed by atoms with Crippen molar-refractivity contribution in [3.63, 3.8) is 0 Å². The van der Waals surface area contributed by atoms with Gasteiger partial charge in [0.25, 0.3) is 5.69 Å². The van der Waals surface area contributed by atoms with Crippen molar-refractivity contribution in [2.24, 2.45) is 5.16 Å². The summed E-state index contributed by atoms with van der Waals surface area (Å²) >= 11 is 0. The molecule has 0 N–H and O–H groups in total. The molecule has 6 heteroatoms. The maximum atomic E-state index is 11.9. The van der Waals surface area contributed by atoms with Gasteiger partial charge in [0.1, 0.15) is 0 Å². The van der Waals surface area contributed by atoms with Crippen LogP contribution in [-0.2, 0) is 4.84 Å². The molecule has 2 aromatic rings. The SMILES string of the molecule is C/C(=N/OC(=O)c1cccc([N+](=O)[O-])c1)c1ccc(C)cc1. The molecule has 0 saturated heterocycles. The van der Waals surface area contributed by atoms with Crippen LogP contribution in [0.2, 0.25) is 0 Å². The van der Waals surface area contributed by atoms with Crippen LogP contribution < -0.4 is 0 Å². The van der Waals surface area contributed by atoms with Crippen molar-refractivity contribution in [2.45, 2.75) is 13.8 Å². The van der Waals surface area contributed by atoms with Crippen LogP contribution in [0.1, 0.15) is 28.4 Å². The van der Waals surface area contributed by atoms with Crippen LogP contribution in [0.4, 0.5) is 5.69 Å². The number of carbonyl (C=O) groups is 1. The molecule has 0 unspecified atom stereocenters. The van der Waals surface area contributed by atoms with E-state index < -0.39 is 10.9 Å². The summed E-state index contributed by atoms with van der Waals surface area (Å²) in [5.41, 5.74) is 2.39. The van der Waals surface area contributed by atoms with E-state index in [-0.39, 0.29) is 11.3 Å². The number of oxime groups is 1. The molecule has 2 rings (SSSR count). The molecule has 0 fully saturated rings. The summed E-state index contributed by atoms with van der Waals surface area (Å²) in [5.74, 6) is -0.741. The predicted octanol–water partition coefficient (Wildman–Crippen LogP) is 3.48. The lowest BCUT2D eigenvalue weighted by molar-refractivity contribution is -0.384. The van der Waals surface area contributed by atoms with E-state index in [0.717, 1.165) is 17.2 Å². The topological polar surface area (TPSA) is 81.8 Å². The van der Waals surface area contributed by atoms with E-state index in [2.05, 4.69) is 5.16 Å². The van der Waals surface area contributed by atoms with Gasteiger partial charge >= 0.3 is 5.97 Å². The first kappa shape index (κ1) is 15.4. The summed E-state index contributed by atoms with van der Waals surface area (Å²) in [4.78, 5) is 26.8. The maximum Gasteiger partial charge on any atom is 0.365 e. The summed E-state index contributed by atoms with van der Waals surface area (Å²) < 4.78 is 0. The minimum absolute atomic E-state index is 0.0784. The highest BCUT2D eigenvalue weighted by Gasteiger charge is 2.13. The molecule has 0 aliphatic heterocycles. The highest BCUT2D eigenvalue weighted by molar-refractivity contribution is 5.99. The summed E-state index contributed by atoms with van der Waals surface area (Å²) in [6.45, 7) is 3.68. The van der Waals surface area contributed by atoms with E-state index in [1.54, 1.807) is 6.92 Å². The van der Waals surface area contributed by atoms with Gasteiger partial charge in [-0.25, -0.2) is 4.79 Å². The first-order valence-corrected chi connectivity index (χ1v) is 6.55. The number of nitro benzene ring substituents is 1. The van der Waals surface area contributed by atoms with Crippen molar-refractivity contribution < 1.29 is 14.6 Å². The van der Waals surface area contributed by atoms with Gasteiger partial charge in [0.05, 0.1) is 16.2 Å². The second-order valence-electron chi connectivity index (χ2n) is 4.73. The highest BCUT2D eigenvalue weighted by Crippen LogP contribution is 2.14. The summed E-state index contributed by atoms with van der Waals surface area (Å²) in [6, 6.07) is 12.9. The Hall–Kier alpha value is -3.02. The largest absolute Gasteiger partial charge is 0.365 e. The molecule has 22 heavy (non-hydrogen) atoms. The van der Waals surface area contributed by atoms with Gasteiger partial charge in [0.15, 0.2) is 0 Å². The number of carbonyl (C=O) groups excluding carboxylic acids is 1. The smallest absolute Gasteiger partial charge is 0.313 e. The number of nitrogens with zero attached hydrogens (tertiary/aromatic N) is 2. The first-order valence-electron chi connectivity index (χ1n) is 6.55. The molecule has 0 aliphatic rings. The zero-order valence-electron chi connectivity index (χ0n) is 12.1. The van der Waals surface area contributed by atoms with Crippen molar-refractivity contribution in [1.29, 1.82) is 0 Å². The highest BCUT2D eigenvalue weighted by atomic mass is 16.7. The fourth-order valence-electron chi connectivity index (χ4n) is 1.76. The number of non-ortho nitro benzene ring substituents is 1. The van der Waals surface area contributed by atoms with Gasteiger partial charge in [0, 0.05) is 12.1 Å². The molecule has 6 nitrogen and oxygen atoms in total. The van der Waals surface area contributed by atoms with Crippen LogP contribution in [0.15, 0.2) is 53.7 Å². The van der Waals surface area contributed by atoms with Crippen LogP contribution in [0.3, 0.4) is 0 Å². The van der Waals surface area contributed by atoms with Crippen molar-refractivity contribution in [2.75, 3.05) is 0 Å². The second-order valence-corrected chi connectivity index (χ2v) is 4.73. The number of nitro groups is 1. The van der Waals surface area contributed by atoms with Crippen molar-refractivity contribution in [3.8, 4) is 0 Å². The van der Waals surface area contributed by atoms with Crippen LogP contribution >= 0.6 is 0 Å². The van der Waals surface area contributed by atoms with Crippen LogP contribution in [0, 0.1) is 17.0 Å². The summed E-state index contributed by atoms with van der Waals surface area (Å²) in [7, 11) is 0. The molecule has 0 saturated carbocycles. The quantitative estimate of drug-likeness (QED) is 0.374. The molecule has 0 amide bonds. The Kier molecular flexibility index (Phi) is 4.63. The molecule has 0 aliphatic carbocycles. The average Bonchev–Trinajstić information content (AvgIpc) is 2.53. The Labute approximate surface area is 127 Å². The normalized spacial score (nSPS) is 11.1. The molecule has 0 atom stereocenters. The molecule has 0 bridgehead atoms. The van der Waals surface area contributed by atoms with Gasteiger partial charge in [-0.05, 0) is 25.5 Å². The molecular weight excluding hydrogens is 284 g/mol. The predicted molar refractivity (Wildman–Crippen MR) is 81.9 cm³/mol. The number of rotatable bonds is 4. The molecule has 2 aromatic carbocycles. The lowest BCUT2D eigenvalue weighted by Gasteiger charge is -2.02. The van der Waals surface area contributed by atoms with E-state index in [1.165, 1.54) is 18.2 Å². The number of hydrogen-bond donors (Lipinski definition) is 0. The average molecular weight is 298 g/mol. The van der Waals surface area contributed by atoms with Crippen LogP contribution in [-0.4, -0.2) is 16.6 Å². The van der Waals surface area contributed by atoms with Crippen LogP contribution in [0.5, 0.6) is 0 Å². The standard InChI is InChI=1S/C16H14N2O4/c1-11-6-8-13(9-7-11)12(2)17-22-16(19)14-4-3-5-15(10-14)18(20)21/h3-10H,1-2H3/b17-12-. The van der Waals surface area contributed by atoms with Gasteiger partial charge in [0.2, 0.25) is 0 Å². The lowest BCUT2D eigenvalue weighted by Crippen LogP contribution is -2.04. The van der Waals surface area contributed by atoms with E-state index in [0.29, 0.717) is 5.71 Å². The molecular formula is C16H14N2O4. The second kappa shape index (κ2) is 6.62. The monoisotopic (exact) mass is 298 g/mol. The minimum atomic E-state index is -0.741. The third kappa shape index (κ3) is 3.76. The number of hydrogen-bond acceptors (Lipinski definition) is 5. The molecule has 0 radical (unpaired) electrons. The minimum Gasteiger partial charge on any atom is -0.313 e. The summed E-state index contributed by atoms with van der Waals surface area (Å²) in [6.07, 6.45) is 0. The van der Waals surface area contributed by atoms with Gasteiger partial charge < -0.3 is 4.84 Å². The Morgan fingerprint density at radius 2 is 1.82 bits per heavy atom. The molecule has 0 spiro atoms. The Morgan fingerprint density at radius 3 is 2.45 bits per heavy atom. The Bertz CT molecular complexity index is 736. The van der Waals surface area contributed by atoms with E-state index in [4.69, 9.17) is 4.84 Å². The Balaban J connectivity index is 2.11. The Morgan fingerprint density at radius 1 is 1.14 bits per heavy atom. The fraction of sp³-hybridized carbons (Fsp3) is 0.125. The number of aryl methyl sites for hydroxylation is 1. The van der Waals surface area contributed by atoms with E-state index in [1.807, 2.05) is 31.2 Å². The third-order valence-corrected chi connectivity index (χ3v) is 3.03. The molecule has 0 heterocycles. The van der Waals surface area contributed by atoms with Crippen molar-refractivity contribution >= 4 is 17.4 Å². The van der Waals surface area contributed by atoms with Crippen molar-refractivity contribution in [3.05, 3.63) is 75.3 Å². The third-order valence-electron chi connectivity index (χ3n) is 3.03. The first-order chi connectivity index (χ1) is 10.5. The fourth-order valence-corrected chi connectivity index (χ4v) is 1.76. The lowest BCUT2D eigenvalue weighted by atomic mass is 10.1. The summed E-state index contributed by atoms with van der Waals surface area (Å²) in [5, 5.41) is 14.5. The van der Waals surface area contributed by atoms with Crippen molar-refractivity contribution in [1.82, 2.24) is 0 Å². The van der Waals surface area contributed by atoms with Gasteiger partial charge in [-0.15, -0.1) is 0 Å². The van der Waals surface area contributed by atoms with E-state index in [9.17, 15) is 14.9 Å². The van der Waals surface area contributed by atoms with Gasteiger partial charge in [-0.3, -0.25) is 10.1 Å². The van der Waals surface area contributed by atoms with E-state index >= 15 is 0 Å². The number of benzene rings is 2. The molecule has 112 valence electrons.